The summed E-state index contributed by atoms with van der Waals surface area (Å²) in [6.45, 7) is 3.13. The number of carbonyl (C=O) groups is 1. The standard InChI is InChI=1S/C21H23N3O6S/c1-16-2-8-19(9-3-16)31(28,29)23-14-15-30-21(23)10-12-22(13-11-21)20(25)17-4-6-18(7-5-17)24(26)27/h2-9H,10-15H2,1H3. The lowest BCUT2D eigenvalue weighted by Crippen LogP contribution is -2.55. The van der Waals surface area contributed by atoms with Crippen molar-refractivity contribution in [3.8, 4) is 0 Å². The Balaban J connectivity index is 1.49. The van der Waals surface area contributed by atoms with E-state index in [2.05, 4.69) is 0 Å². The summed E-state index contributed by atoms with van der Waals surface area (Å²) in [5.74, 6) is -0.240. The molecule has 4 rings (SSSR count). The van der Waals surface area contributed by atoms with Crippen LogP contribution in [-0.4, -0.2) is 60.4 Å². The minimum Gasteiger partial charge on any atom is -0.358 e. The van der Waals surface area contributed by atoms with Crippen LogP contribution in [0.15, 0.2) is 53.4 Å². The third-order valence-electron chi connectivity index (χ3n) is 5.89. The van der Waals surface area contributed by atoms with Crippen LogP contribution in [0, 0.1) is 17.0 Å². The normalized spacial score (nSPS) is 18.9. The molecular weight excluding hydrogens is 422 g/mol. The van der Waals surface area contributed by atoms with E-state index in [0.29, 0.717) is 38.1 Å². The monoisotopic (exact) mass is 445 g/mol. The molecule has 1 spiro atoms. The lowest BCUT2D eigenvalue weighted by molar-refractivity contribution is -0.384. The van der Waals surface area contributed by atoms with Gasteiger partial charge in [-0.05, 0) is 31.2 Å². The average molecular weight is 445 g/mol. The SMILES string of the molecule is Cc1ccc(S(=O)(=O)N2CCOC23CCN(C(=O)c2ccc([N+](=O)[O-])cc2)CC3)cc1. The summed E-state index contributed by atoms with van der Waals surface area (Å²) in [5, 5.41) is 10.8. The quantitative estimate of drug-likeness (QED) is 0.528. The highest BCUT2D eigenvalue weighted by Gasteiger charge is 2.51. The first kappa shape index (κ1) is 21.4. The number of carbonyl (C=O) groups excluding carboxylic acids is 1. The number of nitro groups is 1. The van der Waals surface area contributed by atoms with Crippen LogP contribution in [-0.2, 0) is 14.8 Å². The van der Waals surface area contributed by atoms with Gasteiger partial charge in [-0.1, -0.05) is 17.7 Å². The van der Waals surface area contributed by atoms with Crippen molar-refractivity contribution in [2.75, 3.05) is 26.2 Å². The largest absolute Gasteiger partial charge is 0.358 e. The molecule has 0 saturated carbocycles. The number of rotatable bonds is 4. The molecule has 0 aliphatic carbocycles. The Bertz CT molecular complexity index is 1090. The van der Waals surface area contributed by atoms with E-state index in [9.17, 15) is 23.3 Å². The van der Waals surface area contributed by atoms with Gasteiger partial charge in [0.2, 0.25) is 10.0 Å². The first-order chi connectivity index (χ1) is 14.7. The number of benzene rings is 2. The Hall–Kier alpha value is -2.82. The number of piperidine rings is 1. The number of hydrogen-bond acceptors (Lipinski definition) is 6. The second kappa shape index (κ2) is 8.03. The van der Waals surface area contributed by atoms with Crippen molar-refractivity contribution in [3.63, 3.8) is 0 Å². The molecule has 9 nitrogen and oxygen atoms in total. The third kappa shape index (κ3) is 3.93. The highest BCUT2D eigenvalue weighted by atomic mass is 32.2. The summed E-state index contributed by atoms with van der Waals surface area (Å²) < 4.78 is 33.9. The maximum absolute atomic E-state index is 13.3. The predicted molar refractivity (Wildman–Crippen MR) is 112 cm³/mol. The Morgan fingerprint density at radius 1 is 1.03 bits per heavy atom. The second-order valence-corrected chi connectivity index (χ2v) is 9.64. The predicted octanol–water partition coefficient (Wildman–Crippen LogP) is 2.56. The number of aryl methyl sites for hydroxylation is 1. The third-order valence-corrected chi connectivity index (χ3v) is 7.85. The zero-order valence-corrected chi connectivity index (χ0v) is 17.9. The molecule has 2 saturated heterocycles. The summed E-state index contributed by atoms with van der Waals surface area (Å²) in [5.41, 5.74) is 0.295. The van der Waals surface area contributed by atoms with Crippen LogP contribution in [0.3, 0.4) is 0 Å². The molecule has 0 atom stereocenters. The van der Waals surface area contributed by atoms with E-state index >= 15 is 0 Å². The van der Waals surface area contributed by atoms with Gasteiger partial charge in [-0.15, -0.1) is 0 Å². The first-order valence-corrected chi connectivity index (χ1v) is 11.4. The van der Waals surface area contributed by atoms with E-state index in [1.807, 2.05) is 6.92 Å². The fraction of sp³-hybridized carbons (Fsp3) is 0.381. The van der Waals surface area contributed by atoms with Crippen molar-refractivity contribution >= 4 is 21.6 Å². The molecule has 0 aromatic heterocycles. The Labute approximate surface area is 180 Å². The number of sulfonamides is 1. The van der Waals surface area contributed by atoms with Crippen LogP contribution >= 0.6 is 0 Å². The molecule has 1 amide bonds. The van der Waals surface area contributed by atoms with Crippen molar-refractivity contribution in [1.29, 1.82) is 0 Å². The molecular formula is C21H23N3O6S. The molecule has 2 heterocycles. The molecule has 2 fully saturated rings. The number of nitrogens with zero attached hydrogens (tertiary/aromatic N) is 3. The number of nitro benzene ring substituents is 1. The molecule has 2 aromatic carbocycles. The fourth-order valence-electron chi connectivity index (χ4n) is 4.13. The molecule has 0 N–H and O–H groups in total. The molecule has 2 aliphatic heterocycles. The van der Waals surface area contributed by atoms with Gasteiger partial charge in [0.15, 0.2) is 0 Å². The van der Waals surface area contributed by atoms with Gasteiger partial charge in [0.25, 0.3) is 11.6 Å². The summed E-state index contributed by atoms with van der Waals surface area (Å²) in [7, 11) is -3.73. The van der Waals surface area contributed by atoms with E-state index in [1.54, 1.807) is 29.2 Å². The Kier molecular flexibility index (Phi) is 5.54. The summed E-state index contributed by atoms with van der Waals surface area (Å²) in [4.78, 5) is 24.9. The molecule has 10 heteroatoms. The van der Waals surface area contributed by atoms with Crippen LogP contribution < -0.4 is 0 Å². The Morgan fingerprint density at radius 3 is 2.23 bits per heavy atom. The van der Waals surface area contributed by atoms with Crippen LogP contribution in [0.1, 0.15) is 28.8 Å². The van der Waals surface area contributed by atoms with Gasteiger partial charge in [-0.2, -0.15) is 4.31 Å². The molecule has 164 valence electrons. The first-order valence-electron chi connectivity index (χ1n) is 10.0. The van der Waals surface area contributed by atoms with Crippen molar-refractivity contribution in [3.05, 3.63) is 69.8 Å². The number of non-ortho nitro benzene ring substituents is 1. The summed E-state index contributed by atoms with van der Waals surface area (Å²) in [6, 6.07) is 12.2. The number of hydrogen-bond donors (Lipinski definition) is 0. The van der Waals surface area contributed by atoms with Crippen LogP contribution in [0.2, 0.25) is 0 Å². The lowest BCUT2D eigenvalue weighted by atomic mass is 10.00. The molecule has 0 bridgehead atoms. The van der Waals surface area contributed by atoms with Crippen molar-refractivity contribution in [1.82, 2.24) is 9.21 Å². The van der Waals surface area contributed by atoms with Gasteiger partial charge in [-0.25, -0.2) is 8.42 Å². The van der Waals surface area contributed by atoms with Gasteiger partial charge >= 0.3 is 0 Å². The van der Waals surface area contributed by atoms with Gasteiger partial charge in [0.05, 0.1) is 16.4 Å². The lowest BCUT2D eigenvalue weighted by Gasteiger charge is -2.42. The number of amides is 1. The van der Waals surface area contributed by atoms with E-state index in [-0.39, 0.29) is 23.0 Å². The van der Waals surface area contributed by atoms with Crippen LogP contribution in [0.4, 0.5) is 5.69 Å². The zero-order chi connectivity index (χ0) is 22.2. The van der Waals surface area contributed by atoms with E-state index in [1.165, 1.54) is 28.6 Å². The summed E-state index contributed by atoms with van der Waals surface area (Å²) >= 11 is 0. The molecule has 2 aromatic rings. The van der Waals surface area contributed by atoms with Gasteiger partial charge < -0.3 is 9.64 Å². The maximum atomic E-state index is 13.3. The minimum absolute atomic E-state index is 0.0783. The number of ether oxygens (including phenoxy) is 1. The van der Waals surface area contributed by atoms with Gasteiger partial charge in [0, 0.05) is 50.2 Å². The summed E-state index contributed by atoms with van der Waals surface area (Å²) in [6.07, 6.45) is 0.716. The van der Waals surface area contributed by atoms with Gasteiger partial charge in [-0.3, -0.25) is 14.9 Å². The smallest absolute Gasteiger partial charge is 0.269 e. The fourth-order valence-corrected chi connectivity index (χ4v) is 5.85. The van der Waals surface area contributed by atoms with E-state index < -0.39 is 20.7 Å². The Morgan fingerprint density at radius 2 is 1.65 bits per heavy atom. The van der Waals surface area contributed by atoms with Crippen LogP contribution in [0.5, 0.6) is 0 Å². The van der Waals surface area contributed by atoms with Crippen molar-refractivity contribution in [2.24, 2.45) is 0 Å². The van der Waals surface area contributed by atoms with Crippen molar-refractivity contribution in [2.45, 2.75) is 30.4 Å². The van der Waals surface area contributed by atoms with E-state index in [0.717, 1.165) is 5.56 Å². The topological polar surface area (TPSA) is 110 Å². The second-order valence-electron chi connectivity index (χ2n) is 7.78. The van der Waals surface area contributed by atoms with Crippen molar-refractivity contribution < 1.29 is 22.9 Å². The molecule has 31 heavy (non-hydrogen) atoms. The highest BCUT2D eigenvalue weighted by Crippen LogP contribution is 2.38. The van der Waals surface area contributed by atoms with Crippen LogP contribution in [0.25, 0.3) is 0 Å². The molecule has 0 unspecified atom stereocenters. The molecule has 0 radical (unpaired) electrons. The van der Waals surface area contributed by atoms with Gasteiger partial charge in [0.1, 0.15) is 5.72 Å². The van der Waals surface area contributed by atoms with E-state index in [4.69, 9.17) is 4.74 Å². The number of likely N-dealkylation sites (tertiary alicyclic amines) is 1. The highest BCUT2D eigenvalue weighted by molar-refractivity contribution is 7.89. The zero-order valence-electron chi connectivity index (χ0n) is 17.1. The maximum Gasteiger partial charge on any atom is 0.269 e. The molecule has 2 aliphatic rings. The minimum atomic E-state index is -3.73. The average Bonchev–Trinajstić information content (AvgIpc) is 3.18.